The topological polar surface area (TPSA) is 46.5 Å². The molecule has 4 heteroatoms. The zero-order valence-corrected chi connectivity index (χ0v) is 10.5. The second-order valence-corrected chi connectivity index (χ2v) is 4.70. The van der Waals surface area contributed by atoms with Crippen LogP contribution in [0.2, 0.25) is 0 Å². The van der Waals surface area contributed by atoms with Gasteiger partial charge in [-0.25, -0.2) is 4.98 Å². The Morgan fingerprint density at radius 3 is 2.89 bits per heavy atom. The molecule has 0 radical (unpaired) electrons. The number of para-hydroxylation sites is 2. The van der Waals surface area contributed by atoms with Crippen LogP contribution < -0.4 is 0 Å². The number of H-pyrrole nitrogens is 1. The number of nitrogens with one attached hydrogen (secondary N) is 1. The van der Waals surface area contributed by atoms with Gasteiger partial charge in [0.15, 0.2) is 0 Å². The molecule has 1 N–H and O–H groups in total. The summed E-state index contributed by atoms with van der Waals surface area (Å²) in [7, 11) is 0. The third kappa shape index (κ3) is 1.53. The van der Waals surface area contributed by atoms with E-state index in [1.54, 1.807) is 0 Å². The fraction of sp³-hybridized carbons (Fsp3) is 0.0667. The first-order valence-corrected chi connectivity index (χ1v) is 6.21. The van der Waals surface area contributed by atoms with Crippen LogP contribution >= 0.6 is 0 Å². The van der Waals surface area contributed by atoms with E-state index in [0.29, 0.717) is 0 Å². The fourth-order valence-corrected chi connectivity index (χ4v) is 2.36. The number of hydrogen-bond donors (Lipinski definition) is 1. The molecule has 92 valence electrons. The summed E-state index contributed by atoms with van der Waals surface area (Å²) in [5.74, 6) is 0.750. The lowest BCUT2D eigenvalue weighted by atomic mass is 10.2. The molecule has 4 aromatic rings. The van der Waals surface area contributed by atoms with Crippen LogP contribution in [0.25, 0.3) is 27.9 Å². The Labute approximate surface area is 109 Å². The van der Waals surface area contributed by atoms with E-state index in [9.17, 15) is 0 Å². The zero-order chi connectivity index (χ0) is 12.8. The lowest BCUT2D eigenvalue weighted by Gasteiger charge is -1.98. The largest absolute Gasteiger partial charge is 0.322 e. The van der Waals surface area contributed by atoms with Gasteiger partial charge in [0.2, 0.25) is 5.95 Å². The highest BCUT2D eigenvalue weighted by molar-refractivity contribution is 5.82. The van der Waals surface area contributed by atoms with Crippen LogP contribution in [0.4, 0.5) is 0 Å². The maximum atomic E-state index is 4.57. The van der Waals surface area contributed by atoms with Crippen LogP contribution in [0, 0.1) is 6.92 Å². The lowest BCUT2D eigenvalue weighted by molar-refractivity contribution is 0.856. The summed E-state index contributed by atoms with van der Waals surface area (Å²) in [5.41, 5.74) is 4.27. The number of aryl methyl sites for hydroxylation is 1. The molecule has 0 atom stereocenters. The zero-order valence-electron chi connectivity index (χ0n) is 10.5. The minimum atomic E-state index is 0.750. The third-order valence-electron chi connectivity index (χ3n) is 3.30. The van der Waals surface area contributed by atoms with Gasteiger partial charge < -0.3 is 4.98 Å². The number of hydrogen-bond acceptors (Lipinski definition) is 2. The Bertz CT molecular complexity index is 852. The molecule has 4 rings (SSSR count). The standard InChI is InChI=1S/C15H12N4/c1-10-6-7-14-11(8-10)9-16-19(14)15-17-12-4-2-3-5-13(12)18-15/h2-9H,1H3,(H,17,18). The van der Waals surface area contributed by atoms with Gasteiger partial charge in [0.05, 0.1) is 22.7 Å². The minimum absolute atomic E-state index is 0.750. The Balaban J connectivity index is 1.98. The van der Waals surface area contributed by atoms with Crippen molar-refractivity contribution in [2.75, 3.05) is 0 Å². The van der Waals surface area contributed by atoms with Gasteiger partial charge >= 0.3 is 0 Å². The molecule has 0 amide bonds. The molecule has 0 unspecified atom stereocenters. The first-order valence-electron chi connectivity index (χ1n) is 6.21. The van der Waals surface area contributed by atoms with Gasteiger partial charge in [-0.1, -0.05) is 23.8 Å². The summed E-state index contributed by atoms with van der Waals surface area (Å²) in [6, 6.07) is 14.3. The smallest absolute Gasteiger partial charge is 0.229 e. The molecule has 2 aromatic heterocycles. The van der Waals surface area contributed by atoms with Gasteiger partial charge in [-0.15, -0.1) is 0 Å². The van der Waals surface area contributed by atoms with E-state index in [2.05, 4.69) is 40.2 Å². The Morgan fingerprint density at radius 1 is 1.11 bits per heavy atom. The minimum Gasteiger partial charge on any atom is -0.322 e. The first-order chi connectivity index (χ1) is 9.31. The summed E-state index contributed by atoms with van der Waals surface area (Å²) in [5, 5.41) is 5.55. The molecule has 0 aliphatic rings. The van der Waals surface area contributed by atoms with Crippen LogP contribution in [-0.2, 0) is 0 Å². The van der Waals surface area contributed by atoms with Crippen LogP contribution in [0.5, 0.6) is 0 Å². The van der Waals surface area contributed by atoms with Crippen LogP contribution in [0.15, 0.2) is 48.7 Å². The number of rotatable bonds is 1. The monoisotopic (exact) mass is 248 g/mol. The van der Waals surface area contributed by atoms with Crippen LogP contribution in [0.3, 0.4) is 0 Å². The highest BCUT2D eigenvalue weighted by Gasteiger charge is 2.08. The molecule has 2 aromatic carbocycles. The van der Waals surface area contributed by atoms with Crippen molar-refractivity contribution in [1.29, 1.82) is 0 Å². The van der Waals surface area contributed by atoms with Gasteiger partial charge in [-0.3, -0.25) is 0 Å². The summed E-state index contributed by atoms with van der Waals surface area (Å²) >= 11 is 0. The number of aromatic nitrogens is 4. The molecule has 0 spiro atoms. The number of benzene rings is 2. The molecule has 0 aliphatic heterocycles. The van der Waals surface area contributed by atoms with Crippen LogP contribution in [-0.4, -0.2) is 19.7 Å². The van der Waals surface area contributed by atoms with Crippen molar-refractivity contribution in [3.63, 3.8) is 0 Å². The van der Waals surface area contributed by atoms with Crippen molar-refractivity contribution in [2.24, 2.45) is 0 Å². The summed E-state index contributed by atoms with van der Waals surface area (Å²) in [6.45, 7) is 2.08. The van der Waals surface area contributed by atoms with Crippen molar-refractivity contribution in [1.82, 2.24) is 19.7 Å². The number of fused-ring (bicyclic) bond motifs is 2. The normalized spacial score (nSPS) is 11.4. The Hall–Kier alpha value is -2.62. The molecule has 0 saturated carbocycles. The molecule has 4 nitrogen and oxygen atoms in total. The first kappa shape index (κ1) is 10.3. The van der Waals surface area contributed by atoms with Crippen molar-refractivity contribution in [3.8, 4) is 5.95 Å². The van der Waals surface area contributed by atoms with Gasteiger partial charge in [0.1, 0.15) is 0 Å². The molecule has 0 saturated heterocycles. The average Bonchev–Trinajstić information content (AvgIpc) is 3.00. The highest BCUT2D eigenvalue weighted by Crippen LogP contribution is 2.20. The third-order valence-corrected chi connectivity index (χ3v) is 3.30. The van der Waals surface area contributed by atoms with E-state index in [1.807, 2.05) is 35.1 Å². The number of imidazole rings is 1. The summed E-state index contributed by atoms with van der Waals surface area (Å²) in [6.07, 6.45) is 1.87. The van der Waals surface area contributed by atoms with Crippen molar-refractivity contribution < 1.29 is 0 Å². The van der Waals surface area contributed by atoms with Gasteiger partial charge in [0, 0.05) is 5.39 Å². The predicted molar refractivity (Wildman–Crippen MR) is 75.5 cm³/mol. The van der Waals surface area contributed by atoms with E-state index in [0.717, 1.165) is 27.9 Å². The van der Waals surface area contributed by atoms with E-state index in [4.69, 9.17) is 0 Å². The summed E-state index contributed by atoms with van der Waals surface area (Å²) in [4.78, 5) is 7.87. The Morgan fingerprint density at radius 2 is 2.00 bits per heavy atom. The molecule has 0 bridgehead atoms. The quantitative estimate of drug-likeness (QED) is 0.562. The van der Waals surface area contributed by atoms with Gasteiger partial charge in [-0.2, -0.15) is 9.78 Å². The van der Waals surface area contributed by atoms with E-state index >= 15 is 0 Å². The summed E-state index contributed by atoms with van der Waals surface area (Å²) < 4.78 is 1.84. The van der Waals surface area contributed by atoms with E-state index < -0.39 is 0 Å². The second kappa shape index (κ2) is 3.68. The molecule has 2 heterocycles. The van der Waals surface area contributed by atoms with Crippen molar-refractivity contribution >= 4 is 21.9 Å². The molecular formula is C15H12N4. The number of nitrogens with zero attached hydrogens (tertiary/aromatic N) is 3. The average molecular weight is 248 g/mol. The lowest BCUT2D eigenvalue weighted by Crippen LogP contribution is -1.97. The second-order valence-electron chi connectivity index (χ2n) is 4.70. The fourth-order valence-electron chi connectivity index (χ4n) is 2.36. The molecule has 19 heavy (non-hydrogen) atoms. The van der Waals surface area contributed by atoms with Crippen molar-refractivity contribution in [2.45, 2.75) is 6.92 Å². The predicted octanol–water partition coefficient (Wildman–Crippen LogP) is 3.21. The highest BCUT2D eigenvalue weighted by atomic mass is 15.3. The molecular weight excluding hydrogens is 236 g/mol. The maximum absolute atomic E-state index is 4.57. The molecule has 0 aliphatic carbocycles. The van der Waals surface area contributed by atoms with E-state index in [1.165, 1.54) is 5.56 Å². The van der Waals surface area contributed by atoms with Crippen LogP contribution in [0.1, 0.15) is 5.56 Å². The molecule has 0 fully saturated rings. The number of aromatic amines is 1. The van der Waals surface area contributed by atoms with E-state index in [-0.39, 0.29) is 0 Å². The van der Waals surface area contributed by atoms with Gasteiger partial charge in [0.25, 0.3) is 0 Å². The SMILES string of the molecule is Cc1ccc2c(cnn2-c2nc3ccccc3[nH]2)c1. The Kier molecular flexibility index (Phi) is 2.00. The maximum Gasteiger partial charge on any atom is 0.229 e. The van der Waals surface area contributed by atoms with Gasteiger partial charge in [-0.05, 0) is 31.2 Å². The van der Waals surface area contributed by atoms with Crippen molar-refractivity contribution in [3.05, 3.63) is 54.2 Å².